The zero-order chi connectivity index (χ0) is 14.9. The van der Waals surface area contributed by atoms with Crippen molar-refractivity contribution in [2.45, 2.75) is 33.2 Å². The van der Waals surface area contributed by atoms with Crippen LogP contribution in [0.3, 0.4) is 0 Å². The lowest BCUT2D eigenvalue weighted by Gasteiger charge is -2.18. The van der Waals surface area contributed by atoms with Gasteiger partial charge in [-0.15, -0.1) is 0 Å². The van der Waals surface area contributed by atoms with Gasteiger partial charge >= 0.3 is 0 Å². The number of hydrogen-bond acceptors (Lipinski definition) is 1. The van der Waals surface area contributed by atoms with Crippen molar-refractivity contribution in [1.29, 1.82) is 0 Å². The molecule has 0 bridgehead atoms. The monoisotopic (exact) mass is 307 g/mol. The predicted molar refractivity (Wildman–Crippen MR) is 87.7 cm³/mol. The molecular weight excluding hydrogens is 289 g/mol. The van der Waals surface area contributed by atoms with E-state index in [2.05, 4.69) is 32.9 Å². The SMILES string of the molecule is Cc1cc(C)c(C(N)Cc2c(Cl)cccc2Cl)cc1C. The molecular formula is C17H19Cl2N. The van der Waals surface area contributed by atoms with E-state index in [1.54, 1.807) is 0 Å². The molecule has 106 valence electrons. The lowest BCUT2D eigenvalue weighted by Crippen LogP contribution is -2.15. The molecule has 20 heavy (non-hydrogen) atoms. The first-order valence-corrected chi connectivity index (χ1v) is 7.42. The minimum atomic E-state index is -0.105. The van der Waals surface area contributed by atoms with Crippen molar-refractivity contribution in [2.24, 2.45) is 5.73 Å². The molecule has 2 aromatic rings. The molecule has 1 unspecified atom stereocenters. The molecule has 0 saturated heterocycles. The molecule has 0 aliphatic rings. The van der Waals surface area contributed by atoms with Crippen LogP contribution in [0.5, 0.6) is 0 Å². The Bertz CT molecular complexity index is 615. The Morgan fingerprint density at radius 3 is 2.10 bits per heavy atom. The largest absolute Gasteiger partial charge is 0.324 e. The maximum atomic E-state index is 6.37. The molecule has 0 aliphatic carbocycles. The molecule has 0 amide bonds. The number of nitrogens with two attached hydrogens (primary N) is 1. The van der Waals surface area contributed by atoms with Crippen LogP contribution in [0.15, 0.2) is 30.3 Å². The summed E-state index contributed by atoms with van der Waals surface area (Å²) in [4.78, 5) is 0. The summed E-state index contributed by atoms with van der Waals surface area (Å²) in [5.74, 6) is 0. The summed E-state index contributed by atoms with van der Waals surface area (Å²) in [7, 11) is 0. The van der Waals surface area contributed by atoms with Gasteiger partial charge in [0.05, 0.1) is 0 Å². The molecule has 1 atom stereocenters. The van der Waals surface area contributed by atoms with Gasteiger partial charge in [-0.1, -0.05) is 41.4 Å². The Labute approximate surface area is 130 Å². The number of aryl methyl sites for hydroxylation is 3. The Morgan fingerprint density at radius 1 is 0.950 bits per heavy atom. The van der Waals surface area contributed by atoms with Crippen LogP contribution in [0.25, 0.3) is 0 Å². The fourth-order valence-corrected chi connectivity index (χ4v) is 2.99. The van der Waals surface area contributed by atoms with E-state index in [0.717, 1.165) is 11.1 Å². The zero-order valence-electron chi connectivity index (χ0n) is 12.0. The molecule has 0 aromatic heterocycles. The fourth-order valence-electron chi connectivity index (χ4n) is 2.44. The number of rotatable bonds is 3. The van der Waals surface area contributed by atoms with Gasteiger partial charge in [-0.2, -0.15) is 0 Å². The van der Waals surface area contributed by atoms with E-state index in [1.165, 1.54) is 16.7 Å². The van der Waals surface area contributed by atoms with Gasteiger partial charge in [0.15, 0.2) is 0 Å². The van der Waals surface area contributed by atoms with E-state index >= 15 is 0 Å². The minimum absolute atomic E-state index is 0.105. The maximum absolute atomic E-state index is 6.37. The maximum Gasteiger partial charge on any atom is 0.0453 e. The topological polar surface area (TPSA) is 26.0 Å². The minimum Gasteiger partial charge on any atom is -0.324 e. The highest BCUT2D eigenvalue weighted by molar-refractivity contribution is 6.36. The zero-order valence-corrected chi connectivity index (χ0v) is 13.5. The van der Waals surface area contributed by atoms with Crippen molar-refractivity contribution in [1.82, 2.24) is 0 Å². The van der Waals surface area contributed by atoms with Crippen molar-refractivity contribution in [3.05, 3.63) is 68.2 Å². The molecule has 0 aliphatic heterocycles. The van der Waals surface area contributed by atoms with Gasteiger partial charge in [0.1, 0.15) is 0 Å². The van der Waals surface area contributed by atoms with Crippen LogP contribution in [0.4, 0.5) is 0 Å². The summed E-state index contributed by atoms with van der Waals surface area (Å²) >= 11 is 12.4. The summed E-state index contributed by atoms with van der Waals surface area (Å²) in [5.41, 5.74) is 12.2. The Hall–Kier alpha value is -1.02. The van der Waals surface area contributed by atoms with Crippen LogP contribution >= 0.6 is 23.2 Å². The normalized spacial score (nSPS) is 12.5. The van der Waals surface area contributed by atoms with Gasteiger partial charge < -0.3 is 5.73 Å². The van der Waals surface area contributed by atoms with Gasteiger partial charge in [0, 0.05) is 16.1 Å². The van der Waals surface area contributed by atoms with Gasteiger partial charge in [-0.3, -0.25) is 0 Å². The molecule has 2 N–H and O–H groups in total. The van der Waals surface area contributed by atoms with Crippen molar-refractivity contribution in [2.75, 3.05) is 0 Å². The molecule has 0 spiro atoms. The quantitative estimate of drug-likeness (QED) is 0.832. The summed E-state index contributed by atoms with van der Waals surface area (Å²) in [6, 6.07) is 9.79. The third-order valence-corrected chi connectivity index (χ3v) is 4.48. The molecule has 2 aromatic carbocycles. The van der Waals surface area contributed by atoms with Crippen LogP contribution in [-0.4, -0.2) is 0 Å². The van der Waals surface area contributed by atoms with Crippen molar-refractivity contribution >= 4 is 23.2 Å². The number of benzene rings is 2. The third kappa shape index (κ3) is 3.17. The van der Waals surface area contributed by atoms with Crippen LogP contribution in [0.1, 0.15) is 33.9 Å². The van der Waals surface area contributed by atoms with E-state index in [1.807, 2.05) is 18.2 Å². The summed E-state index contributed by atoms with van der Waals surface area (Å²) < 4.78 is 0. The fraction of sp³-hybridized carbons (Fsp3) is 0.294. The first-order chi connectivity index (χ1) is 9.40. The summed E-state index contributed by atoms with van der Waals surface area (Å²) in [5, 5.41) is 1.35. The van der Waals surface area contributed by atoms with Gasteiger partial charge in [0.25, 0.3) is 0 Å². The van der Waals surface area contributed by atoms with Crippen LogP contribution < -0.4 is 5.73 Å². The molecule has 0 heterocycles. The molecule has 0 fully saturated rings. The first kappa shape index (κ1) is 15.4. The second-order valence-electron chi connectivity index (χ2n) is 5.30. The highest BCUT2D eigenvalue weighted by Gasteiger charge is 2.15. The van der Waals surface area contributed by atoms with Crippen LogP contribution in [0, 0.1) is 20.8 Å². The highest BCUT2D eigenvalue weighted by Crippen LogP contribution is 2.30. The van der Waals surface area contributed by atoms with Gasteiger partial charge in [0.2, 0.25) is 0 Å². The van der Waals surface area contributed by atoms with E-state index in [0.29, 0.717) is 16.5 Å². The number of halogens is 2. The second-order valence-corrected chi connectivity index (χ2v) is 6.12. The number of hydrogen-bond donors (Lipinski definition) is 1. The average molecular weight is 308 g/mol. The standard InChI is InChI=1S/C17H19Cl2N/c1-10-7-12(3)13(8-11(10)2)17(20)9-14-15(18)5-4-6-16(14)19/h4-8,17H,9,20H2,1-3H3. The lowest BCUT2D eigenvalue weighted by molar-refractivity contribution is 0.715. The Kier molecular flexibility index (Phi) is 4.74. The first-order valence-electron chi connectivity index (χ1n) is 6.66. The molecule has 1 nitrogen and oxygen atoms in total. The van der Waals surface area contributed by atoms with Crippen LogP contribution in [-0.2, 0) is 6.42 Å². The van der Waals surface area contributed by atoms with E-state index in [4.69, 9.17) is 28.9 Å². The molecule has 0 saturated carbocycles. The third-order valence-electron chi connectivity index (χ3n) is 3.77. The molecule has 0 radical (unpaired) electrons. The van der Waals surface area contributed by atoms with Crippen LogP contribution in [0.2, 0.25) is 10.0 Å². The predicted octanol–water partition coefficient (Wildman–Crippen LogP) is 5.16. The van der Waals surface area contributed by atoms with E-state index in [-0.39, 0.29) is 6.04 Å². The molecule has 3 heteroatoms. The van der Waals surface area contributed by atoms with Crippen molar-refractivity contribution in [3.8, 4) is 0 Å². The van der Waals surface area contributed by atoms with Crippen molar-refractivity contribution in [3.63, 3.8) is 0 Å². The van der Waals surface area contributed by atoms with Crippen molar-refractivity contribution < 1.29 is 0 Å². The summed E-state index contributed by atoms with van der Waals surface area (Å²) in [6.07, 6.45) is 0.641. The van der Waals surface area contributed by atoms with E-state index < -0.39 is 0 Å². The summed E-state index contributed by atoms with van der Waals surface area (Å²) in [6.45, 7) is 6.31. The second kappa shape index (κ2) is 6.17. The highest BCUT2D eigenvalue weighted by atomic mass is 35.5. The Morgan fingerprint density at radius 2 is 1.50 bits per heavy atom. The van der Waals surface area contributed by atoms with Gasteiger partial charge in [-0.05, 0) is 67.1 Å². The smallest absolute Gasteiger partial charge is 0.0453 e. The molecule has 2 rings (SSSR count). The average Bonchev–Trinajstić information content (AvgIpc) is 2.38. The van der Waals surface area contributed by atoms with Gasteiger partial charge in [-0.25, -0.2) is 0 Å². The Balaban J connectivity index is 2.33. The van der Waals surface area contributed by atoms with E-state index in [9.17, 15) is 0 Å². The lowest BCUT2D eigenvalue weighted by atomic mass is 9.92.